The van der Waals surface area contributed by atoms with Crippen LogP contribution in [-0.2, 0) is 12.8 Å². The molecule has 0 saturated carbocycles. The monoisotopic (exact) mass is 218 g/mol. The molecule has 0 saturated heterocycles. The molecule has 0 radical (unpaired) electrons. The van der Waals surface area contributed by atoms with Crippen LogP contribution in [0.3, 0.4) is 0 Å². The van der Waals surface area contributed by atoms with Crippen molar-refractivity contribution in [2.45, 2.75) is 12.8 Å². The van der Waals surface area contributed by atoms with E-state index in [-0.39, 0.29) is 0 Å². The van der Waals surface area contributed by atoms with Crippen LogP contribution in [0.2, 0.25) is 0 Å². The van der Waals surface area contributed by atoms with Gasteiger partial charge in [0, 0.05) is 6.07 Å². The van der Waals surface area contributed by atoms with E-state index in [2.05, 4.69) is 11.2 Å². The topological polar surface area (TPSA) is 61.3 Å². The number of aryl methyl sites for hydroxylation is 2. The largest absolute Gasteiger partial charge is 0.497 e. The maximum absolute atomic E-state index is 5.44. The number of rotatable bonds is 4. The first-order valence-corrected chi connectivity index (χ1v) is 5.12. The maximum Gasteiger partial charge on any atom is 0.222 e. The first kappa shape index (κ1) is 10.5. The van der Waals surface area contributed by atoms with Crippen LogP contribution in [0.25, 0.3) is 0 Å². The number of anilines is 1. The van der Waals surface area contributed by atoms with Crippen molar-refractivity contribution >= 4 is 5.88 Å². The van der Waals surface area contributed by atoms with Crippen molar-refractivity contribution in [2.75, 3.05) is 12.8 Å². The molecule has 2 rings (SSSR count). The number of hydrogen-bond acceptors (Lipinski definition) is 4. The molecule has 84 valence electrons. The summed E-state index contributed by atoms with van der Waals surface area (Å²) in [4.78, 5) is 0. The molecule has 0 aliphatic heterocycles. The molecule has 0 atom stereocenters. The Hall–Kier alpha value is -1.97. The van der Waals surface area contributed by atoms with Crippen molar-refractivity contribution in [3.8, 4) is 5.75 Å². The van der Waals surface area contributed by atoms with Gasteiger partial charge in [0.05, 0.1) is 12.8 Å². The molecule has 0 aliphatic rings. The SMILES string of the molecule is COc1cccc(CCc2cc(N)on2)c1. The van der Waals surface area contributed by atoms with E-state index >= 15 is 0 Å². The summed E-state index contributed by atoms with van der Waals surface area (Å²) < 4.78 is 9.96. The van der Waals surface area contributed by atoms with Gasteiger partial charge in [0.2, 0.25) is 5.88 Å². The molecule has 2 aromatic rings. The minimum Gasteiger partial charge on any atom is -0.497 e. The van der Waals surface area contributed by atoms with Gasteiger partial charge in [-0.15, -0.1) is 0 Å². The Morgan fingerprint density at radius 2 is 2.19 bits per heavy atom. The molecule has 0 aliphatic carbocycles. The average Bonchev–Trinajstić information content (AvgIpc) is 2.73. The van der Waals surface area contributed by atoms with Crippen LogP contribution in [0.5, 0.6) is 5.75 Å². The Morgan fingerprint density at radius 3 is 2.88 bits per heavy atom. The minimum absolute atomic E-state index is 0.362. The van der Waals surface area contributed by atoms with Crippen LogP contribution >= 0.6 is 0 Å². The van der Waals surface area contributed by atoms with Crippen molar-refractivity contribution in [2.24, 2.45) is 0 Å². The molecule has 4 nitrogen and oxygen atoms in total. The van der Waals surface area contributed by atoms with Crippen LogP contribution in [-0.4, -0.2) is 12.3 Å². The molecular formula is C12H14N2O2. The van der Waals surface area contributed by atoms with Crippen molar-refractivity contribution in [1.82, 2.24) is 5.16 Å². The van der Waals surface area contributed by atoms with E-state index in [9.17, 15) is 0 Å². The summed E-state index contributed by atoms with van der Waals surface area (Å²) in [5.74, 6) is 1.23. The fourth-order valence-corrected chi connectivity index (χ4v) is 1.55. The molecule has 1 aromatic carbocycles. The predicted octanol–water partition coefficient (Wildman–Crippen LogP) is 2.05. The smallest absolute Gasteiger partial charge is 0.222 e. The zero-order chi connectivity index (χ0) is 11.4. The highest BCUT2D eigenvalue weighted by Gasteiger charge is 2.02. The summed E-state index contributed by atoms with van der Waals surface area (Å²) >= 11 is 0. The van der Waals surface area contributed by atoms with Crippen LogP contribution in [0.1, 0.15) is 11.3 Å². The van der Waals surface area contributed by atoms with Gasteiger partial charge in [-0.25, -0.2) is 0 Å². The molecule has 1 heterocycles. The molecule has 0 spiro atoms. The number of methoxy groups -OCH3 is 1. The van der Waals surface area contributed by atoms with Crippen LogP contribution in [0.15, 0.2) is 34.9 Å². The van der Waals surface area contributed by atoms with Crippen LogP contribution in [0.4, 0.5) is 5.88 Å². The Morgan fingerprint density at radius 1 is 1.31 bits per heavy atom. The normalized spacial score (nSPS) is 10.3. The lowest BCUT2D eigenvalue weighted by atomic mass is 10.1. The first-order valence-electron chi connectivity index (χ1n) is 5.12. The fraction of sp³-hybridized carbons (Fsp3) is 0.250. The highest BCUT2D eigenvalue weighted by Crippen LogP contribution is 2.15. The summed E-state index contributed by atoms with van der Waals surface area (Å²) in [6.45, 7) is 0. The van der Waals surface area contributed by atoms with Gasteiger partial charge in [-0.2, -0.15) is 0 Å². The van der Waals surface area contributed by atoms with Crippen molar-refractivity contribution in [3.05, 3.63) is 41.6 Å². The van der Waals surface area contributed by atoms with Gasteiger partial charge in [0.15, 0.2) is 0 Å². The molecule has 4 heteroatoms. The summed E-state index contributed by atoms with van der Waals surface area (Å²) in [5.41, 5.74) is 7.53. The number of nitrogens with two attached hydrogens (primary N) is 1. The highest BCUT2D eigenvalue weighted by molar-refractivity contribution is 5.29. The zero-order valence-corrected chi connectivity index (χ0v) is 9.14. The Bertz CT molecular complexity index is 466. The fourth-order valence-electron chi connectivity index (χ4n) is 1.55. The third kappa shape index (κ3) is 2.53. The van der Waals surface area contributed by atoms with Crippen molar-refractivity contribution in [3.63, 3.8) is 0 Å². The van der Waals surface area contributed by atoms with Gasteiger partial charge in [-0.1, -0.05) is 17.3 Å². The molecule has 16 heavy (non-hydrogen) atoms. The number of nitrogens with zero attached hydrogens (tertiary/aromatic N) is 1. The quantitative estimate of drug-likeness (QED) is 0.853. The molecule has 0 fully saturated rings. The summed E-state index contributed by atoms with van der Waals surface area (Å²) in [6.07, 6.45) is 1.71. The minimum atomic E-state index is 0.362. The molecule has 0 bridgehead atoms. The van der Waals surface area contributed by atoms with Gasteiger partial charge >= 0.3 is 0 Å². The zero-order valence-electron chi connectivity index (χ0n) is 9.14. The number of hydrogen-bond donors (Lipinski definition) is 1. The van der Waals surface area contributed by atoms with Crippen LogP contribution in [0, 0.1) is 0 Å². The van der Waals surface area contributed by atoms with Crippen molar-refractivity contribution < 1.29 is 9.26 Å². The lowest BCUT2D eigenvalue weighted by Gasteiger charge is -2.02. The van der Waals surface area contributed by atoms with E-state index in [1.54, 1.807) is 13.2 Å². The Labute approximate surface area is 94.0 Å². The highest BCUT2D eigenvalue weighted by atomic mass is 16.5. The van der Waals surface area contributed by atoms with E-state index in [1.807, 2.05) is 18.2 Å². The predicted molar refractivity (Wildman–Crippen MR) is 61.3 cm³/mol. The van der Waals surface area contributed by atoms with E-state index in [0.717, 1.165) is 24.3 Å². The molecule has 2 N–H and O–H groups in total. The van der Waals surface area contributed by atoms with Gasteiger partial charge in [0.25, 0.3) is 0 Å². The van der Waals surface area contributed by atoms with E-state index in [0.29, 0.717) is 5.88 Å². The van der Waals surface area contributed by atoms with Gasteiger partial charge in [-0.3, -0.25) is 0 Å². The molecule has 1 aromatic heterocycles. The molecule has 0 unspecified atom stereocenters. The second kappa shape index (κ2) is 4.70. The first-order chi connectivity index (χ1) is 7.78. The third-order valence-electron chi connectivity index (χ3n) is 2.38. The van der Waals surface area contributed by atoms with E-state index < -0.39 is 0 Å². The number of aromatic nitrogens is 1. The van der Waals surface area contributed by atoms with E-state index in [4.69, 9.17) is 15.0 Å². The lowest BCUT2D eigenvalue weighted by Crippen LogP contribution is -1.92. The maximum atomic E-state index is 5.44. The van der Waals surface area contributed by atoms with Gasteiger partial charge in [-0.05, 0) is 30.5 Å². The third-order valence-corrected chi connectivity index (χ3v) is 2.38. The van der Waals surface area contributed by atoms with E-state index in [1.165, 1.54) is 5.56 Å². The Balaban J connectivity index is 1.99. The average molecular weight is 218 g/mol. The standard InChI is InChI=1S/C12H14N2O2/c1-15-11-4-2-3-9(7-11)5-6-10-8-12(13)16-14-10/h2-4,7-8H,5-6,13H2,1H3. The van der Waals surface area contributed by atoms with Gasteiger partial charge in [0.1, 0.15) is 5.75 Å². The second-order valence-electron chi connectivity index (χ2n) is 3.57. The number of benzene rings is 1. The summed E-state index contributed by atoms with van der Waals surface area (Å²) in [7, 11) is 1.66. The summed E-state index contributed by atoms with van der Waals surface area (Å²) in [6, 6.07) is 9.73. The van der Waals surface area contributed by atoms with Crippen molar-refractivity contribution in [1.29, 1.82) is 0 Å². The van der Waals surface area contributed by atoms with Crippen LogP contribution < -0.4 is 10.5 Å². The summed E-state index contributed by atoms with van der Waals surface area (Å²) in [5, 5.41) is 3.84. The molecule has 0 amide bonds. The molecular weight excluding hydrogens is 204 g/mol. The number of ether oxygens (including phenoxy) is 1. The second-order valence-corrected chi connectivity index (χ2v) is 3.57. The van der Waals surface area contributed by atoms with Gasteiger partial charge < -0.3 is 15.0 Å². The Kier molecular flexibility index (Phi) is 3.10. The lowest BCUT2D eigenvalue weighted by molar-refractivity contribution is 0.414. The number of nitrogen functional groups attached to an aromatic ring is 1.